The minimum absolute atomic E-state index is 0.124. The van der Waals surface area contributed by atoms with Crippen LogP contribution in [0.25, 0.3) is 0 Å². The summed E-state index contributed by atoms with van der Waals surface area (Å²) in [7, 11) is 1.35. The van der Waals surface area contributed by atoms with Crippen molar-refractivity contribution in [3.05, 3.63) is 41.7 Å². The molecule has 1 aromatic carbocycles. The summed E-state index contributed by atoms with van der Waals surface area (Å²) in [5.74, 6) is 0.0924. The van der Waals surface area contributed by atoms with Crippen molar-refractivity contribution in [3.8, 4) is 0 Å². The predicted octanol–water partition coefficient (Wildman–Crippen LogP) is 4.08. The molecular formula is C19H27NO4. The average Bonchev–Trinajstić information content (AvgIpc) is 2.50. The summed E-state index contributed by atoms with van der Waals surface area (Å²) >= 11 is 0. The quantitative estimate of drug-likeness (QED) is 0.603. The van der Waals surface area contributed by atoms with Gasteiger partial charge in [0.15, 0.2) is 0 Å². The largest absolute Gasteiger partial charge is 0.493 e. The summed E-state index contributed by atoms with van der Waals surface area (Å²) < 4.78 is 10.4. The van der Waals surface area contributed by atoms with E-state index >= 15 is 0 Å². The molecule has 0 heterocycles. The number of ether oxygens (including phenoxy) is 2. The highest BCUT2D eigenvalue weighted by Gasteiger charge is 2.14. The monoisotopic (exact) mass is 333 g/mol. The van der Waals surface area contributed by atoms with Crippen LogP contribution in [0, 0.1) is 0 Å². The second kappa shape index (κ2) is 8.52. The maximum atomic E-state index is 12.1. The van der Waals surface area contributed by atoms with Crippen LogP contribution < -0.4 is 5.32 Å². The molecule has 0 atom stereocenters. The van der Waals surface area contributed by atoms with Crippen LogP contribution in [-0.4, -0.2) is 24.6 Å². The minimum atomic E-state index is -0.375. The Morgan fingerprint density at radius 3 is 2.42 bits per heavy atom. The number of esters is 1. The van der Waals surface area contributed by atoms with Crippen molar-refractivity contribution in [3.63, 3.8) is 0 Å². The maximum absolute atomic E-state index is 12.1. The van der Waals surface area contributed by atoms with Crippen molar-refractivity contribution >= 4 is 17.6 Å². The Morgan fingerprint density at radius 1 is 1.21 bits per heavy atom. The van der Waals surface area contributed by atoms with Crippen molar-refractivity contribution < 1.29 is 19.1 Å². The van der Waals surface area contributed by atoms with Crippen molar-refractivity contribution in [1.82, 2.24) is 0 Å². The lowest BCUT2D eigenvalue weighted by Crippen LogP contribution is -2.19. The van der Waals surface area contributed by atoms with Crippen molar-refractivity contribution in [2.45, 2.75) is 52.6 Å². The van der Waals surface area contributed by atoms with E-state index in [4.69, 9.17) is 9.47 Å². The van der Waals surface area contributed by atoms with E-state index in [9.17, 15) is 9.59 Å². The average molecular weight is 333 g/mol. The molecule has 1 aromatic rings. The predicted molar refractivity (Wildman–Crippen MR) is 95.0 cm³/mol. The normalized spacial score (nSPS) is 10.9. The second-order valence-electron chi connectivity index (χ2n) is 6.52. The van der Waals surface area contributed by atoms with Gasteiger partial charge in [-0.25, -0.2) is 4.79 Å². The number of carbonyl (C=O) groups excluding carboxylic acids is 2. The van der Waals surface area contributed by atoms with Crippen LogP contribution in [0.3, 0.4) is 0 Å². The van der Waals surface area contributed by atoms with Gasteiger partial charge in [0.2, 0.25) is 5.91 Å². The topological polar surface area (TPSA) is 64.6 Å². The number of nitrogens with one attached hydrogen (secondary N) is 1. The molecule has 0 saturated heterocycles. The Kier molecular flexibility index (Phi) is 7.01. The number of allylic oxidation sites excluding steroid dienone is 1. The lowest BCUT2D eigenvalue weighted by molar-refractivity contribution is -0.116. The first kappa shape index (κ1) is 19.7. The zero-order valence-electron chi connectivity index (χ0n) is 15.2. The van der Waals surface area contributed by atoms with Crippen LogP contribution in [0.5, 0.6) is 0 Å². The Labute approximate surface area is 144 Å². The van der Waals surface area contributed by atoms with E-state index < -0.39 is 0 Å². The SMILES string of the molecule is C=C(CCC(=O)Nc1ccc(C(=O)OC)c(CC)c1)OC(C)(C)C. The van der Waals surface area contributed by atoms with Crippen LogP contribution in [0.1, 0.15) is 56.5 Å². The van der Waals surface area contributed by atoms with Gasteiger partial charge >= 0.3 is 5.97 Å². The van der Waals surface area contributed by atoms with Crippen LogP contribution >= 0.6 is 0 Å². The number of anilines is 1. The van der Waals surface area contributed by atoms with Gasteiger partial charge in [-0.2, -0.15) is 0 Å². The van der Waals surface area contributed by atoms with E-state index in [-0.39, 0.29) is 23.9 Å². The molecule has 0 aliphatic carbocycles. The van der Waals surface area contributed by atoms with Crippen LogP contribution in [0.2, 0.25) is 0 Å². The van der Waals surface area contributed by atoms with Gasteiger partial charge in [-0.05, 0) is 51.0 Å². The Balaban J connectivity index is 2.64. The molecule has 132 valence electrons. The Morgan fingerprint density at radius 2 is 1.88 bits per heavy atom. The molecule has 0 aromatic heterocycles. The molecule has 0 radical (unpaired) electrons. The third-order valence-electron chi connectivity index (χ3n) is 3.26. The number of aryl methyl sites for hydroxylation is 1. The number of carbonyl (C=O) groups is 2. The van der Waals surface area contributed by atoms with E-state index in [1.165, 1.54) is 7.11 Å². The summed E-state index contributed by atoms with van der Waals surface area (Å²) in [5, 5.41) is 2.83. The smallest absolute Gasteiger partial charge is 0.338 e. The highest BCUT2D eigenvalue weighted by molar-refractivity contribution is 5.94. The zero-order valence-corrected chi connectivity index (χ0v) is 15.2. The van der Waals surface area contributed by atoms with Gasteiger partial charge in [0, 0.05) is 18.5 Å². The molecule has 1 amide bonds. The maximum Gasteiger partial charge on any atom is 0.338 e. The summed E-state index contributed by atoms with van der Waals surface area (Å²) in [6.45, 7) is 11.6. The summed E-state index contributed by atoms with van der Waals surface area (Å²) in [4.78, 5) is 23.7. The van der Waals surface area contributed by atoms with Crippen LogP contribution in [0.4, 0.5) is 5.69 Å². The first-order valence-corrected chi connectivity index (χ1v) is 8.04. The molecule has 0 spiro atoms. The van der Waals surface area contributed by atoms with Gasteiger partial charge in [-0.3, -0.25) is 4.79 Å². The molecule has 24 heavy (non-hydrogen) atoms. The number of hydrogen-bond acceptors (Lipinski definition) is 4. The Hall–Kier alpha value is -2.30. The molecule has 1 rings (SSSR count). The van der Waals surface area contributed by atoms with Crippen molar-refractivity contribution in [1.29, 1.82) is 0 Å². The third-order valence-corrected chi connectivity index (χ3v) is 3.26. The molecule has 5 nitrogen and oxygen atoms in total. The summed E-state index contributed by atoms with van der Waals surface area (Å²) in [5.41, 5.74) is 1.70. The van der Waals surface area contributed by atoms with Gasteiger partial charge < -0.3 is 14.8 Å². The third kappa shape index (κ3) is 6.44. The van der Waals surface area contributed by atoms with Gasteiger partial charge in [0.05, 0.1) is 18.4 Å². The van der Waals surface area contributed by atoms with E-state index in [1.807, 2.05) is 27.7 Å². The van der Waals surface area contributed by atoms with Gasteiger partial charge in [0.25, 0.3) is 0 Å². The number of hydrogen-bond donors (Lipinski definition) is 1. The highest BCUT2D eigenvalue weighted by atomic mass is 16.5. The van der Waals surface area contributed by atoms with Crippen LogP contribution in [-0.2, 0) is 20.7 Å². The first-order chi connectivity index (χ1) is 11.2. The molecule has 0 saturated carbocycles. The first-order valence-electron chi connectivity index (χ1n) is 8.04. The number of methoxy groups -OCH3 is 1. The second-order valence-corrected chi connectivity index (χ2v) is 6.52. The molecular weight excluding hydrogens is 306 g/mol. The van der Waals surface area contributed by atoms with E-state index in [0.29, 0.717) is 29.9 Å². The van der Waals surface area contributed by atoms with Gasteiger partial charge in [0.1, 0.15) is 5.60 Å². The fourth-order valence-corrected chi connectivity index (χ4v) is 2.23. The molecule has 0 unspecified atom stereocenters. The molecule has 1 N–H and O–H groups in total. The summed E-state index contributed by atoms with van der Waals surface area (Å²) in [6, 6.07) is 5.16. The molecule has 0 bridgehead atoms. The van der Waals surface area contributed by atoms with E-state index in [2.05, 4.69) is 11.9 Å². The highest BCUT2D eigenvalue weighted by Crippen LogP contribution is 2.19. The molecule has 0 aliphatic heterocycles. The number of amides is 1. The fraction of sp³-hybridized carbons (Fsp3) is 0.474. The fourth-order valence-electron chi connectivity index (χ4n) is 2.23. The number of benzene rings is 1. The van der Waals surface area contributed by atoms with Gasteiger partial charge in [-0.1, -0.05) is 13.5 Å². The molecule has 0 fully saturated rings. The van der Waals surface area contributed by atoms with Crippen molar-refractivity contribution in [2.75, 3.05) is 12.4 Å². The molecule has 0 aliphatic rings. The molecule has 5 heteroatoms. The van der Waals surface area contributed by atoms with E-state index in [1.54, 1.807) is 18.2 Å². The zero-order chi connectivity index (χ0) is 18.3. The minimum Gasteiger partial charge on any atom is -0.493 e. The lowest BCUT2D eigenvalue weighted by atomic mass is 10.0. The standard InChI is InChI=1S/C19H27NO4/c1-7-14-12-15(9-10-16(14)18(22)23-6)20-17(21)11-8-13(2)24-19(3,4)5/h9-10,12H,2,7-8,11H2,1,3-6H3,(H,20,21). The van der Waals surface area contributed by atoms with Crippen molar-refractivity contribution in [2.24, 2.45) is 0 Å². The lowest BCUT2D eigenvalue weighted by Gasteiger charge is -2.22. The summed E-state index contributed by atoms with van der Waals surface area (Å²) in [6.07, 6.45) is 1.42. The number of rotatable bonds is 7. The van der Waals surface area contributed by atoms with Crippen LogP contribution in [0.15, 0.2) is 30.5 Å². The van der Waals surface area contributed by atoms with Gasteiger partial charge in [-0.15, -0.1) is 0 Å². The van der Waals surface area contributed by atoms with E-state index in [0.717, 1.165) is 5.56 Å². The Bertz CT molecular complexity index is 614.